The lowest BCUT2D eigenvalue weighted by Gasteiger charge is -2.16. The fourth-order valence-corrected chi connectivity index (χ4v) is 1.26. The van der Waals surface area contributed by atoms with E-state index in [0.29, 0.717) is 6.54 Å². The lowest BCUT2D eigenvalue weighted by Crippen LogP contribution is -2.25. The second-order valence-corrected chi connectivity index (χ2v) is 3.48. The van der Waals surface area contributed by atoms with Crippen LogP contribution in [0, 0.1) is 6.92 Å². The maximum absolute atomic E-state index is 5.55. The molecular formula is C11H18N2O. The van der Waals surface area contributed by atoms with Gasteiger partial charge in [-0.05, 0) is 31.5 Å². The Kier molecular flexibility index (Phi) is 3.77. The minimum absolute atomic E-state index is 0.255. The van der Waals surface area contributed by atoms with Gasteiger partial charge in [0.25, 0.3) is 0 Å². The van der Waals surface area contributed by atoms with Crippen LogP contribution >= 0.6 is 0 Å². The Hall–Kier alpha value is -1.22. The van der Waals surface area contributed by atoms with Crippen LogP contribution in [0.1, 0.15) is 12.5 Å². The van der Waals surface area contributed by atoms with Crippen LogP contribution in [0.2, 0.25) is 0 Å². The molecule has 78 valence electrons. The lowest BCUT2D eigenvalue weighted by molar-refractivity contribution is 0.416. The highest BCUT2D eigenvalue weighted by Gasteiger charge is 2.05. The van der Waals surface area contributed by atoms with Crippen LogP contribution in [0.15, 0.2) is 18.2 Å². The van der Waals surface area contributed by atoms with E-state index in [0.717, 1.165) is 11.4 Å². The van der Waals surface area contributed by atoms with Crippen molar-refractivity contribution in [1.29, 1.82) is 0 Å². The fourth-order valence-electron chi connectivity index (χ4n) is 1.26. The molecule has 3 heteroatoms. The molecular weight excluding hydrogens is 176 g/mol. The van der Waals surface area contributed by atoms with Gasteiger partial charge in [-0.2, -0.15) is 0 Å². The van der Waals surface area contributed by atoms with Crippen molar-refractivity contribution < 1.29 is 4.74 Å². The number of nitrogens with one attached hydrogen (secondary N) is 1. The van der Waals surface area contributed by atoms with Gasteiger partial charge < -0.3 is 15.8 Å². The van der Waals surface area contributed by atoms with E-state index in [1.807, 2.05) is 19.1 Å². The molecule has 0 saturated carbocycles. The van der Waals surface area contributed by atoms with E-state index in [1.54, 1.807) is 7.11 Å². The first-order valence-corrected chi connectivity index (χ1v) is 4.78. The van der Waals surface area contributed by atoms with Gasteiger partial charge in [0, 0.05) is 12.6 Å². The monoisotopic (exact) mass is 194 g/mol. The smallest absolute Gasteiger partial charge is 0.141 e. The van der Waals surface area contributed by atoms with E-state index in [1.165, 1.54) is 5.56 Å². The Morgan fingerprint density at radius 2 is 2.21 bits per heavy atom. The molecule has 0 radical (unpaired) electrons. The number of methoxy groups -OCH3 is 1. The summed E-state index contributed by atoms with van der Waals surface area (Å²) in [4.78, 5) is 0. The molecule has 0 aliphatic heterocycles. The molecule has 0 spiro atoms. The first-order valence-electron chi connectivity index (χ1n) is 4.78. The van der Waals surface area contributed by atoms with Gasteiger partial charge in [-0.25, -0.2) is 0 Å². The summed E-state index contributed by atoms with van der Waals surface area (Å²) in [6.07, 6.45) is 0. The standard InChI is InChI=1S/C11H18N2O/c1-8-4-5-11(14-3)10(6-8)13-9(2)7-12/h4-6,9,13H,7,12H2,1-3H3. The number of anilines is 1. The summed E-state index contributed by atoms with van der Waals surface area (Å²) in [5.74, 6) is 0.857. The topological polar surface area (TPSA) is 47.3 Å². The van der Waals surface area contributed by atoms with E-state index >= 15 is 0 Å². The van der Waals surface area contributed by atoms with E-state index in [4.69, 9.17) is 10.5 Å². The van der Waals surface area contributed by atoms with Gasteiger partial charge in [-0.3, -0.25) is 0 Å². The third-order valence-electron chi connectivity index (χ3n) is 2.11. The summed E-state index contributed by atoms with van der Waals surface area (Å²) >= 11 is 0. The summed E-state index contributed by atoms with van der Waals surface area (Å²) in [6.45, 7) is 4.70. The molecule has 0 amide bonds. The average Bonchev–Trinajstić information content (AvgIpc) is 2.18. The van der Waals surface area contributed by atoms with Crippen molar-refractivity contribution in [2.75, 3.05) is 19.0 Å². The zero-order valence-electron chi connectivity index (χ0n) is 9.00. The fraction of sp³-hybridized carbons (Fsp3) is 0.455. The van der Waals surface area contributed by atoms with E-state index in [2.05, 4.69) is 18.3 Å². The van der Waals surface area contributed by atoms with Crippen molar-refractivity contribution in [1.82, 2.24) is 0 Å². The Morgan fingerprint density at radius 3 is 2.79 bits per heavy atom. The van der Waals surface area contributed by atoms with Crippen molar-refractivity contribution in [3.63, 3.8) is 0 Å². The lowest BCUT2D eigenvalue weighted by atomic mass is 10.2. The van der Waals surface area contributed by atoms with E-state index in [9.17, 15) is 0 Å². The Morgan fingerprint density at radius 1 is 1.50 bits per heavy atom. The number of benzene rings is 1. The molecule has 14 heavy (non-hydrogen) atoms. The molecule has 1 aromatic carbocycles. The van der Waals surface area contributed by atoms with Crippen LogP contribution < -0.4 is 15.8 Å². The van der Waals surface area contributed by atoms with Crippen LogP contribution in [-0.4, -0.2) is 19.7 Å². The van der Waals surface area contributed by atoms with Crippen molar-refractivity contribution in [2.45, 2.75) is 19.9 Å². The average molecular weight is 194 g/mol. The van der Waals surface area contributed by atoms with E-state index < -0.39 is 0 Å². The van der Waals surface area contributed by atoms with Crippen LogP contribution in [0.5, 0.6) is 5.75 Å². The highest BCUT2D eigenvalue weighted by molar-refractivity contribution is 5.58. The van der Waals surface area contributed by atoms with Crippen LogP contribution in [0.3, 0.4) is 0 Å². The maximum atomic E-state index is 5.55. The molecule has 1 rings (SSSR count). The summed E-state index contributed by atoms with van der Waals surface area (Å²) in [6, 6.07) is 6.30. The quantitative estimate of drug-likeness (QED) is 0.767. The van der Waals surface area contributed by atoms with Gasteiger partial charge in [-0.1, -0.05) is 6.07 Å². The van der Waals surface area contributed by atoms with E-state index in [-0.39, 0.29) is 6.04 Å². The molecule has 3 nitrogen and oxygen atoms in total. The number of aryl methyl sites for hydroxylation is 1. The molecule has 1 unspecified atom stereocenters. The molecule has 0 heterocycles. The number of nitrogens with two attached hydrogens (primary N) is 1. The summed E-state index contributed by atoms with van der Waals surface area (Å²) in [5.41, 5.74) is 7.76. The number of hydrogen-bond donors (Lipinski definition) is 2. The number of hydrogen-bond acceptors (Lipinski definition) is 3. The number of ether oxygens (including phenoxy) is 1. The molecule has 1 aromatic rings. The second-order valence-electron chi connectivity index (χ2n) is 3.48. The molecule has 0 fully saturated rings. The minimum atomic E-state index is 0.255. The molecule has 0 aliphatic carbocycles. The summed E-state index contributed by atoms with van der Waals surface area (Å²) in [7, 11) is 1.67. The predicted octanol–water partition coefficient (Wildman–Crippen LogP) is 1.76. The van der Waals surface area contributed by atoms with Crippen molar-refractivity contribution in [3.8, 4) is 5.75 Å². The summed E-state index contributed by atoms with van der Waals surface area (Å²) < 4.78 is 5.24. The van der Waals surface area contributed by atoms with Gasteiger partial charge in [0.15, 0.2) is 0 Å². The second kappa shape index (κ2) is 4.86. The SMILES string of the molecule is COc1ccc(C)cc1NC(C)CN. The molecule has 1 atom stereocenters. The zero-order chi connectivity index (χ0) is 10.6. The number of rotatable bonds is 4. The zero-order valence-corrected chi connectivity index (χ0v) is 9.00. The minimum Gasteiger partial charge on any atom is -0.495 e. The summed E-state index contributed by atoms with van der Waals surface area (Å²) in [5, 5.41) is 3.30. The first kappa shape index (κ1) is 10.9. The van der Waals surface area contributed by atoms with Gasteiger partial charge >= 0.3 is 0 Å². The van der Waals surface area contributed by atoms with Gasteiger partial charge in [0.2, 0.25) is 0 Å². The molecule has 3 N–H and O–H groups in total. The molecule has 0 aromatic heterocycles. The maximum Gasteiger partial charge on any atom is 0.141 e. The third-order valence-corrected chi connectivity index (χ3v) is 2.11. The highest BCUT2D eigenvalue weighted by Crippen LogP contribution is 2.25. The highest BCUT2D eigenvalue weighted by atomic mass is 16.5. The van der Waals surface area contributed by atoms with Crippen molar-refractivity contribution in [2.24, 2.45) is 5.73 Å². The van der Waals surface area contributed by atoms with Gasteiger partial charge in [-0.15, -0.1) is 0 Å². The molecule has 0 saturated heterocycles. The normalized spacial score (nSPS) is 12.3. The Bertz CT molecular complexity index is 299. The first-order chi connectivity index (χ1) is 6.67. The van der Waals surface area contributed by atoms with Crippen molar-refractivity contribution >= 4 is 5.69 Å². The third kappa shape index (κ3) is 2.64. The Balaban J connectivity index is 2.87. The van der Waals surface area contributed by atoms with Crippen LogP contribution in [-0.2, 0) is 0 Å². The largest absolute Gasteiger partial charge is 0.495 e. The van der Waals surface area contributed by atoms with Gasteiger partial charge in [0.1, 0.15) is 5.75 Å². The van der Waals surface area contributed by atoms with Crippen LogP contribution in [0.25, 0.3) is 0 Å². The van der Waals surface area contributed by atoms with Gasteiger partial charge in [0.05, 0.1) is 12.8 Å². The molecule has 0 aliphatic rings. The molecule has 0 bridgehead atoms. The van der Waals surface area contributed by atoms with Crippen molar-refractivity contribution in [3.05, 3.63) is 23.8 Å². The Labute approximate surface area is 85.3 Å². The predicted molar refractivity (Wildman–Crippen MR) is 59.9 cm³/mol. The van der Waals surface area contributed by atoms with Crippen LogP contribution in [0.4, 0.5) is 5.69 Å².